The van der Waals surface area contributed by atoms with Crippen LogP contribution in [-0.4, -0.2) is 30.7 Å². The summed E-state index contributed by atoms with van der Waals surface area (Å²) in [5.41, 5.74) is 0. The molecule has 0 aromatic heterocycles. The zero-order chi connectivity index (χ0) is 6.97. The van der Waals surface area contributed by atoms with Gasteiger partial charge in [0.25, 0.3) is 0 Å². The summed E-state index contributed by atoms with van der Waals surface area (Å²) in [4.78, 5) is 12.7. The number of cyclic esters (lactones) is 1. The van der Waals surface area contributed by atoms with Crippen molar-refractivity contribution in [1.82, 2.24) is 4.90 Å². The summed E-state index contributed by atoms with van der Waals surface area (Å²) in [6, 6.07) is 0. The molecule has 10 heavy (non-hydrogen) atoms. The van der Waals surface area contributed by atoms with Gasteiger partial charge in [0.1, 0.15) is 0 Å². The van der Waals surface area contributed by atoms with Crippen LogP contribution in [-0.2, 0) is 4.74 Å². The maximum absolute atomic E-state index is 10.9. The number of rotatable bonds is 0. The van der Waals surface area contributed by atoms with E-state index in [0.717, 1.165) is 19.5 Å². The Morgan fingerprint density at radius 1 is 1.60 bits per heavy atom. The van der Waals surface area contributed by atoms with E-state index in [0.29, 0.717) is 12.5 Å². The Morgan fingerprint density at radius 2 is 2.50 bits per heavy atom. The van der Waals surface area contributed by atoms with Gasteiger partial charge >= 0.3 is 6.09 Å². The molecule has 56 valence electrons. The van der Waals surface area contributed by atoms with Gasteiger partial charge in [0.15, 0.2) is 0 Å². The van der Waals surface area contributed by atoms with E-state index >= 15 is 0 Å². The van der Waals surface area contributed by atoms with Gasteiger partial charge in [0, 0.05) is 19.0 Å². The van der Waals surface area contributed by atoms with Crippen molar-refractivity contribution in [3.63, 3.8) is 0 Å². The molecule has 2 aliphatic heterocycles. The minimum Gasteiger partial charge on any atom is -0.449 e. The lowest BCUT2D eigenvalue weighted by Crippen LogP contribution is -2.46. The highest BCUT2D eigenvalue weighted by Gasteiger charge is 2.29. The molecule has 3 nitrogen and oxygen atoms in total. The van der Waals surface area contributed by atoms with Gasteiger partial charge in [-0.2, -0.15) is 0 Å². The first-order chi connectivity index (χ1) is 4.86. The van der Waals surface area contributed by atoms with Crippen LogP contribution in [0.5, 0.6) is 0 Å². The molecule has 1 atom stereocenters. The predicted octanol–water partition coefficient (Wildman–Crippen LogP) is 0.849. The van der Waals surface area contributed by atoms with Crippen LogP contribution in [0.2, 0.25) is 0 Å². The Hall–Kier alpha value is -0.730. The Labute approximate surface area is 60.0 Å². The second-order valence-electron chi connectivity index (χ2n) is 3.03. The van der Waals surface area contributed by atoms with Crippen LogP contribution < -0.4 is 0 Å². The lowest BCUT2D eigenvalue weighted by molar-refractivity contribution is 0.0222. The number of ether oxygens (including phenoxy) is 1. The first-order valence-corrected chi connectivity index (χ1v) is 3.78. The van der Waals surface area contributed by atoms with Gasteiger partial charge in [0.05, 0.1) is 6.61 Å². The Balaban J connectivity index is 2.07. The topological polar surface area (TPSA) is 29.5 Å². The van der Waals surface area contributed by atoms with Crippen LogP contribution in [0.4, 0.5) is 4.79 Å². The lowest BCUT2D eigenvalue weighted by Gasteiger charge is -2.36. The van der Waals surface area contributed by atoms with Crippen LogP contribution in [0.3, 0.4) is 0 Å². The minimum atomic E-state index is -0.115. The smallest absolute Gasteiger partial charge is 0.409 e. The Kier molecular flexibility index (Phi) is 1.29. The Bertz CT molecular complexity index is 158. The molecule has 2 bridgehead atoms. The van der Waals surface area contributed by atoms with E-state index in [9.17, 15) is 4.79 Å². The van der Waals surface area contributed by atoms with Crippen LogP contribution >= 0.6 is 0 Å². The van der Waals surface area contributed by atoms with Crippen molar-refractivity contribution < 1.29 is 9.53 Å². The van der Waals surface area contributed by atoms with Gasteiger partial charge in [-0.3, -0.25) is 0 Å². The fraction of sp³-hybridized carbons (Fsp3) is 0.857. The lowest BCUT2D eigenvalue weighted by atomic mass is 9.98. The molecule has 0 aromatic rings. The van der Waals surface area contributed by atoms with Gasteiger partial charge in [0.2, 0.25) is 0 Å². The van der Waals surface area contributed by atoms with Crippen LogP contribution in [0.1, 0.15) is 12.8 Å². The summed E-state index contributed by atoms with van der Waals surface area (Å²) in [5, 5.41) is 0. The molecule has 0 radical (unpaired) electrons. The third kappa shape index (κ3) is 0.856. The van der Waals surface area contributed by atoms with Crippen molar-refractivity contribution >= 4 is 6.09 Å². The maximum atomic E-state index is 10.9. The summed E-state index contributed by atoms with van der Waals surface area (Å²) in [6.07, 6.45) is 2.26. The van der Waals surface area contributed by atoms with Gasteiger partial charge in [-0.25, -0.2) is 4.79 Å². The summed E-state index contributed by atoms with van der Waals surface area (Å²) in [5.74, 6) is 0.617. The number of nitrogens with zero attached hydrogens (tertiary/aromatic N) is 1. The highest BCUT2D eigenvalue weighted by molar-refractivity contribution is 5.68. The van der Waals surface area contributed by atoms with Gasteiger partial charge < -0.3 is 9.64 Å². The molecule has 0 N–H and O–H groups in total. The van der Waals surface area contributed by atoms with E-state index in [1.165, 1.54) is 6.42 Å². The van der Waals surface area contributed by atoms with E-state index in [4.69, 9.17) is 4.74 Å². The normalized spacial score (nSPS) is 31.8. The molecule has 2 saturated heterocycles. The van der Waals surface area contributed by atoms with Crippen molar-refractivity contribution in [3.05, 3.63) is 0 Å². The van der Waals surface area contributed by atoms with Gasteiger partial charge in [-0.1, -0.05) is 0 Å². The molecule has 2 rings (SSSR count). The van der Waals surface area contributed by atoms with Crippen LogP contribution in [0.25, 0.3) is 0 Å². The first-order valence-electron chi connectivity index (χ1n) is 3.78. The van der Waals surface area contributed by atoms with Crippen molar-refractivity contribution in [2.24, 2.45) is 5.92 Å². The van der Waals surface area contributed by atoms with Gasteiger partial charge in [-0.05, 0) is 12.8 Å². The van der Waals surface area contributed by atoms with E-state index in [1.807, 2.05) is 0 Å². The molecule has 3 heteroatoms. The molecule has 2 heterocycles. The van der Waals surface area contributed by atoms with Crippen molar-refractivity contribution in [2.45, 2.75) is 12.8 Å². The molecule has 2 aliphatic rings. The molecule has 1 amide bonds. The largest absolute Gasteiger partial charge is 0.449 e. The van der Waals surface area contributed by atoms with Crippen molar-refractivity contribution in [3.8, 4) is 0 Å². The minimum absolute atomic E-state index is 0.115. The van der Waals surface area contributed by atoms with E-state index in [-0.39, 0.29) is 6.09 Å². The zero-order valence-corrected chi connectivity index (χ0v) is 5.88. The number of fused-ring (bicyclic) bond motifs is 2. The van der Waals surface area contributed by atoms with Gasteiger partial charge in [-0.15, -0.1) is 0 Å². The third-order valence-corrected chi connectivity index (χ3v) is 2.22. The fourth-order valence-electron chi connectivity index (χ4n) is 1.65. The molecule has 0 spiro atoms. The molecule has 0 aliphatic carbocycles. The second kappa shape index (κ2) is 2.15. The fourth-order valence-corrected chi connectivity index (χ4v) is 1.65. The van der Waals surface area contributed by atoms with E-state index in [1.54, 1.807) is 4.90 Å². The van der Waals surface area contributed by atoms with Crippen molar-refractivity contribution in [2.75, 3.05) is 19.7 Å². The average molecular weight is 141 g/mol. The average Bonchev–Trinajstić information content (AvgIpc) is 1.99. The monoisotopic (exact) mass is 141 g/mol. The first kappa shape index (κ1) is 6.01. The summed E-state index contributed by atoms with van der Waals surface area (Å²) >= 11 is 0. The highest BCUT2D eigenvalue weighted by atomic mass is 16.6. The molecular weight excluding hydrogens is 130 g/mol. The number of amides is 1. The quantitative estimate of drug-likeness (QED) is 0.500. The Morgan fingerprint density at radius 3 is 3.30 bits per heavy atom. The molecule has 0 aromatic carbocycles. The SMILES string of the molecule is O=C1OCC2CCCN1C2. The summed E-state index contributed by atoms with van der Waals surface area (Å²) < 4.78 is 4.93. The summed E-state index contributed by atoms with van der Waals surface area (Å²) in [6.45, 7) is 2.48. The number of carbonyl (C=O) groups is 1. The molecule has 1 unspecified atom stereocenters. The zero-order valence-electron chi connectivity index (χ0n) is 5.88. The highest BCUT2D eigenvalue weighted by Crippen LogP contribution is 2.21. The van der Waals surface area contributed by atoms with E-state index in [2.05, 4.69) is 0 Å². The predicted molar refractivity (Wildman–Crippen MR) is 35.6 cm³/mol. The van der Waals surface area contributed by atoms with Crippen molar-refractivity contribution in [1.29, 1.82) is 0 Å². The molecular formula is C7H11NO2. The number of piperidine rings is 1. The van der Waals surface area contributed by atoms with Crippen LogP contribution in [0.15, 0.2) is 0 Å². The third-order valence-electron chi connectivity index (χ3n) is 2.22. The summed E-state index contributed by atoms with van der Waals surface area (Å²) in [7, 11) is 0. The second-order valence-corrected chi connectivity index (χ2v) is 3.03. The maximum Gasteiger partial charge on any atom is 0.409 e. The molecule has 2 fully saturated rings. The number of carbonyl (C=O) groups excluding carboxylic acids is 1. The van der Waals surface area contributed by atoms with E-state index < -0.39 is 0 Å². The number of hydrogen-bond donors (Lipinski definition) is 0. The standard InChI is InChI=1S/C7H11NO2/c9-7-8-3-1-2-6(4-8)5-10-7/h6H,1-5H2. The molecule has 0 saturated carbocycles. The number of hydrogen-bond acceptors (Lipinski definition) is 2. The van der Waals surface area contributed by atoms with Crippen LogP contribution in [0, 0.1) is 5.92 Å².